The van der Waals surface area contributed by atoms with Crippen molar-refractivity contribution in [3.05, 3.63) is 29.8 Å². The van der Waals surface area contributed by atoms with Gasteiger partial charge in [-0.25, -0.2) is 0 Å². The average molecular weight is 237 g/mol. The summed E-state index contributed by atoms with van der Waals surface area (Å²) < 4.78 is 11.0. The van der Waals surface area contributed by atoms with Crippen molar-refractivity contribution < 1.29 is 9.47 Å². The van der Waals surface area contributed by atoms with Crippen molar-refractivity contribution in [2.24, 2.45) is 5.73 Å². The minimum atomic E-state index is -0.140. The summed E-state index contributed by atoms with van der Waals surface area (Å²) in [4.78, 5) is 0. The monoisotopic (exact) mass is 237 g/mol. The van der Waals surface area contributed by atoms with E-state index >= 15 is 0 Å². The predicted molar refractivity (Wildman–Crippen MR) is 70.2 cm³/mol. The van der Waals surface area contributed by atoms with Gasteiger partial charge in [0.25, 0.3) is 0 Å². The molecule has 0 spiro atoms. The van der Waals surface area contributed by atoms with Crippen molar-refractivity contribution in [3.8, 4) is 5.75 Å². The van der Waals surface area contributed by atoms with Crippen LogP contribution in [0.5, 0.6) is 5.75 Å². The number of nitrogens with two attached hydrogens (primary N) is 1. The van der Waals surface area contributed by atoms with Gasteiger partial charge in [0, 0.05) is 19.6 Å². The van der Waals surface area contributed by atoms with E-state index in [2.05, 4.69) is 13.8 Å². The Morgan fingerprint density at radius 1 is 1.35 bits per heavy atom. The number of hydrogen-bond donors (Lipinski definition) is 1. The van der Waals surface area contributed by atoms with Crippen LogP contribution in [0.2, 0.25) is 0 Å². The second-order valence-corrected chi connectivity index (χ2v) is 4.92. The molecule has 0 saturated heterocycles. The molecule has 1 rings (SSSR count). The third-order valence-electron chi connectivity index (χ3n) is 2.91. The molecule has 0 radical (unpaired) electrons. The Morgan fingerprint density at radius 2 is 2.06 bits per heavy atom. The van der Waals surface area contributed by atoms with Gasteiger partial charge in [-0.2, -0.15) is 0 Å². The lowest BCUT2D eigenvalue weighted by Crippen LogP contribution is -2.25. The lowest BCUT2D eigenvalue weighted by Gasteiger charge is -2.22. The molecule has 0 aromatic heterocycles. The Kier molecular flexibility index (Phi) is 4.97. The van der Waals surface area contributed by atoms with Gasteiger partial charge >= 0.3 is 0 Å². The molecule has 3 nitrogen and oxygen atoms in total. The van der Waals surface area contributed by atoms with Crippen molar-refractivity contribution in [3.63, 3.8) is 0 Å². The highest BCUT2D eigenvalue weighted by Gasteiger charge is 2.15. The molecule has 1 aromatic carbocycles. The van der Waals surface area contributed by atoms with E-state index in [0.717, 1.165) is 17.7 Å². The van der Waals surface area contributed by atoms with Crippen LogP contribution in [0, 0.1) is 0 Å². The fraction of sp³-hybridized carbons (Fsp3) is 0.571. The molecule has 3 heteroatoms. The molecule has 0 saturated carbocycles. The fourth-order valence-electron chi connectivity index (χ4n) is 1.40. The van der Waals surface area contributed by atoms with Crippen LogP contribution in [0.25, 0.3) is 0 Å². The maximum absolute atomic E-state index is 5.83. The van der Waals surface area contributed by atoms with Gasteiger partial charge in [0.2, 0.25) is 0 Å². The zero-order valence-electron chi connectivity index (χ0n) is 11.2. The Morgan fingerprint density at radius 3 is 2.65 bits per heavy atom. The van der Waals surface area contributed by atoms with Crippen LogP contribution < -0.4 is 10.5 Å². The van der Waals surface area contributed by atoms with Crippen LogP contribution in [-0.2, 0) is 4.74 Å². The van der Waals surface area contributed by atoms with Crippen molar-refractivity contribution >= 4 is 0 Å². The first-order valence-electron chi connectivity index (χ1n) is 5.98. The first kappa shape index (κ1) is 14.0. The van der Waals surface area contributed by atoms with E-state index in [1.807, 2.05) is 31.2 Å². The highest BCUT2D eigenvalue weighted by molar-refractivity contribution is 5.30. The summed E-state index contributed by atoms with van der Waals surface area (Å²) in [5.74, 6) is 0.867. The molecule has 0 heterocycles. The first-order chi connectivity index (χ1) is 7.94. The first-order valence-corrected chi connectivity index (χ1v) is 5.98. The van der Waals surface area contributed by atoms with Gasteiger partial charge in [0.05, 0.1) is 12.2 Å². The van der Waals surface area contributed by atoms with Gasteiger partial charge in [-0.3, -0.25) is 0 Å². The summed E-state index contributed by atoms with van der Waals surface area (Å²) in [6.45, 7) is 6.71. The maximum atomic E-state index is 5.83. The molecule has 0 aliphatic heterocycles. The third kappa shape index (κ3) is 4.75. The lowest BCUT2D eigenvalue weighted by atomic mass is 10.1. The predicted octanol–water partition coefficient (Wildman–Crippen LogP) is 2.90. The summed E-state index contributed by atoms with van der Waals surface area (Å²) >= 11 is 0. The van der Waals surface area contributed by atoms with Crippen molar-refractivity contribution in [2.45, 2.75) is 38.8 Å². The second-order valence-electron chi connectivity index (χ2n) is 4.92. The van der Waals surface area contributed by atoms with Crippen LogP contribution in [0.3, 0.4) is 0 Å². The minimum absolute atomic E-state index is 0.0361. The van der Waals surface area contributed by atoms with Gasteiger partial charge in [0.15, 0.2) is 0 Å². The topological polar surface area (TPSA) is 44.5 Å². The van der Waals surface area contributed by atoms with E-state index in [4.69, 9.17) is 15.2 Å². The normalized spacial score (nSPS) is 13.5. The van der Waals surface area contributed by atoms with Crippen LogP contribution in [0.4, 0.5) is 0 Å². The smallest absolute Gasteiger partial charge is 0.119 e. The molecule has 17 heavy (non-hydrogen) atoms. The van der Waals surface area contributed by atoms with Gasteiger partial charge in [-0.15, -0.1) is 0 Å². The standard InChI is InChI=1S/C14H23NO2/c1-11(15)12-6-5-7-13(10-12)17-9-8-14(2,3)16-4/h5-7,10-11H,8-9,15H2,1-4H3/t11-/m0/s1. The quantitative estimate of drug-likeness (QED) is 0.827. The number of rotatable bonds is 6. The average Bonchev–Trinajstić information content (AvgIpc) is 2.29. The van der Waals surface area contributed by atoms with Crippen molar-refractivity contribution in [1.29, 1.82) is 0 Å². The second kappa shape index (κ2) is 6.03. The third-order valence-corrected chi connectivity index (χ3v) is 2.91. The largest absolute Gasteiger partial charge is 0.493 e. The van der Waals surface area contributed by atoms with E-state index in [9.17, 15) is 0 Å². The van der Waals surface area contributed by atoms with E-state index in [1.54, 1.807) is 7.11 Å². The van der Waals surface area contributed by atoms with E-state index in [1.165, 1.54) is 0 Å². The summed E-state index contributed by atoms with van der Waals surface area (Å²) in [6.07, 6.45) is 0.853. The van der Waals surface area contributed by atoms with Gasteiger partial charge in [-0.05, 0) is 38.5 Å². The van der Waals surface area contributed by atoms with Gasteiger partial charge in [0.1, 0.15) is 5.75 Å². The number of benzene rings is 1. The summed E-state index contributed by atoms with van der Waals surface area (Å²) in [5.41, 5.74) is 6.78. The molecule has 0 fully saturated rings. The van der Waals surface area contributed by atoms with Crippen LogP contribution in [0.15, 0.2) is 24.3 Å². The Hall–Kier alpha value is -1.06. The van der Waals surface area contributed by atoms with Crippen molar-refractivity contribution in [1.82, 2.24) is 0 Å². The SMILES string of the molecule is COC(C)(C)CCOc1cccc([C@H](C)N)c1. The van der Waals surface area contributed by atoms with E-state index < -0.39 is 0 Å². The van der Waals surface area contributed by atoms with Gasteiger partial charge in [-0.1, -0.05) is 12.1 Å². The molecule has 1 aromatic rings. The lowest BCUT2D eigenvalue weighted by molar-refractivity contribution is 0.00545. The Labute approximate surface area is 104 Å². The molecule has 2 N–H and O–H groups in total. The molecule has 0 unspecified atom stereocenters. The molecule has 1 atom stereocenters. The molecule has 0 bridgehead atoms. The molecular formula is C14H23NO2. The highest BCUT2D eigenvalue weighted by Crippen LogP contribution is 2.19. The fourth-order valence-corrected chi connectivity index (χ4v) is 1.40. The minimum Gasteiger partial charge on any atom is -0.493 e. The summed E-state index contributed by atoms with van der Waals surface area (Å²) in [7, 11) is 1.72. The molecule has 0 amide bonds. The van der Waals surface area contributed by atoms with Crippen LogP contribution in [-0.4, -0.2) is 19.3 Å². The zero-order valence-corrected chi connectivity index (χ0v) is 11.2. The molecular weight excluding hydrogens is 214 g/mol. The number of hydrogen-bond acceptors (Lipinski definition) is 3. The van der Waals surface area contributed by atoms with E-state index in [-0.39, 0.29) is 11.6 Å². The molecule has 96 valence electrons. The number of ether oxygens (including phenoxy) is 2. The summed E-state index contributed by atoms with van der Waals surface area (Å²) in [5, 5.41) is 0. The Balaban J connectivity index is 2.50. The van der Waals surface area contributed by atoms with Crippen LogP contribution >= 0.6 is 0 Å². The summed E-state index contributed by atoms with van der Waals surface area (Å²) in [6, 6.07) is 7.95. The molecule has 0 aliphatic rings. The maximum Gasteiger partial charge on any atom is 0.119 e. The highest BCUT2D eigenvalue weighted by atomic mass is 16.5. The van der Waals surface area contributed by atoms with Crippen LogP contribution in [0.1, 0.15) is 38.8 Å². The van der Waals surface area contributed by atoms with E-state index in [0.29, 0.717) is 6.61 Å². The molecule has 0 aliphatic carbocycles. The zero-order chi connectivity index (χ0) is 12.9. The Bertz CT molecular complexity index is 348. The van der Waals surface area contributed by atoms with Crippen molar-refractivity contribution in [2.75, 3.05) is 13.7 Å². The van der Waals surface area contributed by atoms with Gasteiger partial charge < -0.3 is 15.2 Å². The number of methoxy groups -OCH3 is 1.